The molecule has 0 aromatic heterocycles. The molecule has 1 aliphatic rings. The molecule has 0 radical (unpaired) electrons. The summed E-state index contributed by atoms with van der Waals surface area (Å²) < 4.78 is 0. The van der Waals surface area contributed by atoms with Gasteiger partial charge in [-0.15, -0.1) is 0 Å². The van der Waals surface area contributed by atoms with Crippen molar-refractivity contribution < 1.29 is 9.90 Å². The minimum absolute atomic E-state index is 0.164. The van der Waals surface area contributed by atoms with Crippen LogP contribution in [0.3, 0.4) is 0 Å². The predicted octanol–water partition coefficient (Wildman–Crippen LogP) is 3.00. The Kier molecular flexibility index (Phi) is 5.96. The second-order valence-electron chi connectivity index (χ2n) is 5.66. The van der Waals surface area contributed by atoms with Gasteiger partial charge in [0.05, 0.1) is 6.42 Å². The molecule has 0 saturated heterocycles. The van der Waals surface area contributed by atoms with Gasteiger partial charge in [0.1, 0.15) is 0 Å². The summed E-state index contributed by atoms with van der Waals surface area (Å²) >= 11 is 0. The van der Waals surface area contributed by atoms with Crippen LogP contribution in [0.25, 0.3) is 0 Å². The van der Waals surface area contributed by atoms with Gasteiger partial charge in [-0.05, 0) is 38.1 Å². The van der Waals surface area contributed by atoms with Crippen LogP contribution in [0.2, 0.25) is 0 Å². The van der Waals surface area contributed by atoms with E-state index >= 15 is 0 Å². The summed E-state index contributed by atoms with van der Waals surface area (Å²) in [4.78, 5) is 13.1. The first kappa shape index (κ1) is 14.5. The first-order valence-electron chi connectivity index (χ1n) is 6.98. The summed E-state index contributed by atoms with van der Waals surface area (Å²) in [5.74, 6) is 0.980. The summed E-state index contributed by atoms with van der Waals surface area (Å²) in [6, 6.07) is 0.164. The highest BCUT2D eigenvalue weighted by molar-refractivity contribution is 5.67. The lowest BCUT2D eigenvalue weighted by Gasteiger charge is -2.34. The summed E-state index contributed by atoms with van der Waals surface area (Å²) in [6.07, 6.45) is 5.58. The standard InChI is InChI=1S/C14H27NO2/c1-4-15(12(3)9-14(16)17)10-13-7-5-11(2)6-8-13/h11-13H,4-10H2,1-3H3,(H,16,17). The average molecular weight is 241 g/mol. The first-order valence-corrected chi connectivity index (χ1v) is 6.98. The van der Waals surface area contributed by atoms with Crippen molar-refractivity contribution in [2.24, 2.45) is 11.8 Å². The van der Waals surface area contributed by atoms with Gasteiger partial charge in [-0.25, -0.2) is 0 Å². The lowest BCUT2D eigenvalue weighted by atomic mass is 9.82. The van der Waals surface area contributed by atoms with E-state index < -0.39 is 5.97 Å². The molecule has 1 atom stereocenters. The van der Waals surface area contributed by atoms with Crippen LogP contribution in [0.15, 0.2) is 0 Å². The van der Waals surface area contributed by atoms with Gasteiger partial charge in [0.15, 0.2) is 0 Å². The molecule has 3 nitrogen and oxygen atoms in total. The van der Waals surface area contributed by atoms with Gasteiger partial charge in [-0.2, -0.15) is 0 Å². The predicted molar refractivity (Wildman–Crippen MR) is 70.1 cm³/mol. The van der Waals surface area contributed by atoms with Crippen molar-refractivity contribution in [1.82, 2.24) is 4.90 Å². The Morgan fingerprint density at radius 3 is 2.41 bits per heavy atom. The third-order valence-corrected chi connectivity index (χ3v) is 4.13. The summed E-state index contributed by atoms with van der Waals surface area (Å²) in [7, 11) is 0. The molecule has 1 saturated carbocycles. The van der Waals surface area contributed by atoms with Gasteiger partial charge in [0.2, 0.25) is 0 Å². The van der Waals surface area contributed by atoms with Crippen LogP contribution < -0.4 is 0 Å². The largest absolute Gasteiger partial charge is 0.481 e. The second kappa shape index (κ2) is 7.00. The quantitative estimate of drug-likeness (QED) is 0.777. The summed E-state index contributed by atoms with van der Waals surface area (Å²) in [5, 5.41) is 8.84. The van der Waals surface area contributed by atoms with Crippen molar-refractivity contribution in [1.29, 1.82) is 0 Å². The molecule has 100 valence electrons. The number of rotatable bonds is 6. The zero-order valence-corrected chi connectivity index (χ0v) is 11.5. The van der Waals surface area contributed by atoms with E-state index in [9.17, 15) is 4.79 Å². The van der Waals surface area contributed by atoms with Crippen molar-refractivity contribution >= 4 is 5.97 Å². The van der Waals surface area contributed by atoms with Gasteiger partial charge in [-0.1, -0.05) is 26.7 Å². The zero-order valence-electron chi connectivity index (χ0n) is 11.5. The van der Waals surface area contributed by atoms with Crippen molar-refractivity contribution in [3.63, 3.8) is 0 Å². The number of carboxylic acids is 1. The Balaban J connectivity index is 2.38. The molecule has 0 amide bonds. The molecule has 0 aromatic carbocycles. The maximum Gasteiger partial charge on any atom is 0.304 e. The van der Waals surface area contributed by atoms with Gasteiger partial charge >= 0.3 is 5.97 Å². The van der Waals surface area contributed by atoms with Crippen LogP contribution in [0.1, 0.15) is 52.9 Å². The van der Waals surface area contributed by atoms with Crippen molar-refractivity contribution in [2.75, 3.05) is 13.1 Å². The lowest BCUT2D eigenvalue weighted by Crippen LogP contribution is -2.39. The number of nitrogens with zero attached hydrogens (tertiary/aromatic N) is 1. The van der Waals surface area contributed by atoms with Crippen LogP contribution >= 0.6 is 0 Å². The van der Waals surface area contributed by atoms with Crippen LogP contribution in [-0.2, 0) is 4.79 Å². The average Bonchev–Trinajstić information content (AvgIpc) is 2.27. The Morgan fingerprint density at radius 1 is 1.35 bits per heavy atom. The number of carbonyl (C=O) groups is 1. The monoisotopic (exact) mass is 241 g/mol. The number of carboxylic acid groups (broad SMARTS) is 1. The van der Waals surface area contributed by atoms with Gasteiger partial charge in [0.25, 0.3) is 0 Å². The fourth-order valence-corrected chi connectivity index (χ4v) is 2.85. The molecule has 0 heterocycles. The van der Waals surface area contributed by atoms with E-state index in [-0.39, 0.29) is 12.5 Å². The SMILES string of the molecule is CCN(CC1CCC(C)CC1)C(C)CC(=O)O. The molecule has 0 aliphatic heterocycles. The van der Waals surface area contributed by atoms with E-state index in [4.69, 9.17) is 5.11 Å². The van der Waals surface area contributed by atoms with E-state index in [0.717, 1.165) is 24.9 Å². The highest BCUT2D eigenvalue weighted by Crippen LogP contribution is 2.29. The van der Waals surface area contributed by atoms with Crippen LogP contribution in [0.4, 0.5) is 0 Å². The van der Waals surface area contributed by atoms with E-state index in [2.05, 4.69) is 18.7 Å². The maximum absolute atomic E-state index is 10.7. The highest BCUT2D eigenvalue weighted by Gasteiger charge is 2.23. The van der Waals surface area contributed by atoms with Gasteiger partial charge in [0, 0.05) is 12.6 Å². The number of hydrogen-bond acceptors (Lipinski definition) is 2. The molecular weight excluding hydrogens is 214 g/mol. The summed E-state index contributed by atoms with van der Waals surface area (Å²) in [5.41, 5.74) is 0. The molecule has 1 fully saturated rings. The molecule has 1 aliphatic carbocycles. The molecule has 0 spiro atoms. The lowest BCUT2D eigenvalue weighted by molar-refractivity contribution is -0.138. The Bertz CT molecular complexity index is 234. The smallest absolute Gasteiger partial charge is 0.304 e. The van der Waals surface area contributed by atoms with Gasteiger partial charge in [-0.3, -0.25) is 4.79 Å². The third-order valence-electron chi connectivity index (χ3n) is 4.13. The topological polar surface area (TPSA) is 40.5 Å². The zero-order chi connectivity index (χ0) is 12.8. The van der Waals surface area contributed by atoms with E-state index in [1.165, 1.54) is 25.7 Å². The third kappa shape index (κ3) is 5.07. The highest BCUT2D eigenvalue weighted by atomic mass is 16.4. The molecule has 1 unspecified atom stereocenters. The number of hydrogen-bond donors (Lipinski definition) is 1. The Hall–Kier alpha value is -0.570. The second-order valence-corrected chi connectivity index (χ2v) is 5.66. The van der Waals surface area contributed by atoms with Crippen molar-refractivity contribution in [3.05, 3.63) is 0 Å². The van der Waals surface area contributed by atoms with Crippen LogP contribution in [0.5, 0.6) is 0 Å². The van der Waals surface area contributed by atoms with E-state index in [1.807, 2.05) is 6.92 Å². The van der Waals surface area contributed by atoms with Crippen molar-refractivity contribution in [3.8, 4) is 0 Å². The van der Waals surface area contributed by atoms with Crippen molar-refractivity contribution in [2.45, 2.75) is 58.9 Å². The minimum Gasteiger partial charge on any atom is -0.481 e. The summed E-state index contributed by atoms with van der Waals surface area (Å²) in [6.45, 7) is 8.53. The Labute approximate surface area is 105 Å². The molecule has 0 bridgehead atoms. The van der Waals surface area contributed by atoms with E-state index in [0.29, 0.717) is 0 Å². The molecule has 1 N–H and O–H groups in total. The number of aliphatic carboxylic acids is 1. The molecule has 3 heteroatoms. The van der Waals surface area contributed by atoms with Crippen LogP contribution in [0, 0.1) is 11.8 Å². The maximum atomic E-state index is 10.7. The first-order chi connectivity index (χ1) is 8.02. The normalized spacial score (nSPS) is 27.1. The molecule has 0 aromatic rings. The molecule has 17 heavy (non-hydrogen) atoms. The van der Waals surface area contributed by atoms with Gasteiger partial charge < -0.3 is 10.0 Å². The Morgan fingerprint density at radius 2 is 1.94 bits per heavy atom. The van der Waals surface area contributed by atoms with Crippen LogP contribution in [-0.4, -0.2) is 35.1 Å². The molecule has 1 rings (SSSR count). The fourth-order valence-electron chi connectivity index (χ4n) is 2.85. The molecular formula is C14H27NO2. The fraction of sp³-hybridized carbons (Fsp3) is 0.929. The van der Waals surface area contributed by atoms with E-state index in [1.54, 1.807) is 0 Å². The minimum atomic E-state index is -0.687.